The van der Waals surface area contributed by atoms with E-state index in [1.54, 1.807) is 0 Å². The molecule has 1 aromatic carbocycles. The van der Waals surface area contributed by atoms with Crippen molar-refractivity contribution < 1.29 is 9.53 Å². The van der Waals surface area contributed by atoms with Crippen molar-refractivity contribution in [3.05, 3.63) is 45.1 Å². The lowest BCUT2D eigenvalue weighted by atomic mass is 9.89. The van der Waals surface area contributed by atoms with Gasteiger partial charge in [-0.1, -0.05) is 36.4 Å². The van der Waals surface area contributed by atoms with E-state index in [2.05, 4.69) is 28.2 Å². The molecule has 1 saturated carbocycles. The molecule has 2 aliphatic carbocycles. The molecule has 0 saturated heterocycles. The summed E-state index contributed by atoms with van der Waals surface area (Å²) in [7, 11) is 0. The number of aromatic nitrogens is 2. The summed E-state index contributed by atoms with van der Waals surface area (Å²) < 4.78 is 5.56. The fraction of sp³-hybridized carbons (Fsp3) is 0.458. The lowest BCUT2D eigenvalue weighted by molar-refractivity contribution is -0.147. The predicted molar refractivity (Wildman–Crippen MR) is 126 cm³/mol. The molecular formula is C24H26N2O3S2. The zero-order valence-electron chi connectivity index (χ0n) is 17.4. The number of esters is 1. The third-order valence-electron chi connectivity index (χ3n) is 6.26. The molecule has 0 atom stereocenters. The van der Waals surface area contributed by atoms with Crippen molar-refractivity contribution in [2.24, 2.45) is 0 Å². The second kappa shape index (κ2) is 9.17. The minimum absolute atomic E-state index is 0.0489. The molecule has 1 fully saturated rings. The third kappa shape index (κ3) is 4.58. The number of rotatable bonds is 5. The van der Waals surface area contributed by atoms with Crippen molar-refractivity contribution in [1.82, 2.24) is 9.97 Å². The molecule has 0 aliphatic heterocycles. The molecule has 0 spiro atoms. The first kappa shape index (κ1) is 20.8. The first-order valence-corrected chi connectivity index (χ1v) is 13.0. The maximum absolute atomic E-state index is 12.9. The van der Waals surface area contributed by atoms with Crippen molar-refractivity contribution in [3.8, 4) is 11.1 Å². The Balaban J connectivity index is 1.33. The minimum Gasteiger partial charge on any atom is -0.462 e. The third-order valence-corrected chi connectivity index (χ3v) is 7.98. The number of thiophene rings is 1. The summed E-state index contributed by atoms with van der Waals surface area (Å²) in [5.41, 5.74) is 4.70. The summed E-state index contributed by atoms with van der Waals surface area (Å²) in [4.78, 5) is 33.2. The zero-order valence-corrected chi connectivity index (χ0v) is 19.1. The monoisotopic (exact) mass is 454 g/mol. The Morgan fingerprint density at radius 3 is 2.77 bits per heavy atom. The molecule has 7 heteroatoms. The van der Waals surface area contributed by atoms with Crippen LogP contribution in [0.2, 0.25) is 0 Å². The van der Waals surface area contributed by atoms with Crippen molar-refractivity contribution in [3.63, 3.8) is 0 Å². The van der Waals surface area contributed by atoms with E-state index in [9.17, 15) is 9.59 Å². The SMILES string of the molecule is O=C(CSc1nc2scc(-c3ccc4c(c3)CCCC4)c2c(=O)[nH]1)OC1CCCCC1. The quantitative estimate of drug-likeness (QED) is 0.313. The number of hydrogen-bond donors (Lipinski definition) is 1. The van der Waals surface area contributed by atoms with E-state index in [0.29, 0.717) is 15.4 Å². The van der Waals surface area contributed by atoms with Gasteiger partial charge in [0.1, 0.15) is 10.9 Å². The summed E-state index contributed by atoms with van der Waals surface area (Å²) in [6, 6.07) is 6.56. The Kier molecular flexibility index (Phi) is 6.14. The van der Waals surface area contributed by atoms with Crippen LogP contribution in [-0.2, 0) is 22.4 Å². The Morgan fingerprint density at radius 2 is 1.94 bits per heavy atom. The van der Waals surface area contributed by atoms with E-state index >= 15 is 0 Å². The number of fused-ring (bicyclic) bond motifs is 2. The van der Waals surface area contributed by atoms with Crippen LogP contribution >= 0.6 is 23.1 Å². The van der Waals surface area contributed by atoms with Crippen molar-refractivity contribution in [2.45, 2.75) is 69.0 Å². The van der Waals surface area contributed by atoms with Crippen LogP contribution in [-0.4, -0.2) is 27.8 Å². The Hall–Kier alpha value is -2.12. The van der Waals surface area contributed by atoms with Gasteiger partial charge in [-0.15, -0.1) is 11.3 Å². The molecule has 0 bridgehead atoms. The van der Waals surface area contributed by atoms with Gasteiger partial charge >= 0.3 is 5.97 Å². The standard InChI is InChI=1S/C24H26N2O3S2/c27-20(29-18-8-2-1-3-9-18)14-31-24-25-22(28)21-19(13-30-23(21)26-24)17-11-10-15-6-4-5-7-16(15)12-17/h10-13,18H,1-9,14H2,(H,25,26,28). The number of nitrogens with one attached hydrogen (secondary N) is 1. The molecule has 2 aromatic heterocycles. The number of nitrogens with zero attached hydrogens (tertiary/aromatic N) is 1. The lowest BCUT2D eigenvalue weighted by Crippen LogP contribution is -2.22. The topological polar surface area (TPSA) is 72.0 Å². The smallest absolute Gasteiger partial charge is 0.316 e. The van der Waals surface area contributed by atoms with Gasteiger partial charge in [-0.3, -0.25) is 9.59 Å². The van der Waals surface area contributed by atoms with Gasteiger partial charge < -0.3 is 9.72 Å². The maximum Gasteiger partial charge on any atom is 0.316 e. The number of aromatic amines is 1. The summed E-state index contributed by atoms with van der Waals surface area (Å²) in [5, 5.41) is 3.12. The second-order valence-corrected chi connectivity index (χ2v) is 10.3. The van der Waals surface area contributed by atoms with Crippen LogP contribution in [0.5, 0.6) is 0 Å². The number of aryl methyl sites for hydroxylation is 2. The van der Waals surface area contributed by atoms with Gasteiger partial charge in [0.25, 0.3) is 5.56 Å². The molecule has 0 amide bonds. The number of benzene rings is 1. The molecule has 31 heavy (non-hydrogen) atoms. The number of ether oxygens (including phenoxy) is 1. The van der Waals surface area contributed by atoms with Gasteiger partial charge in [0, 0.05) is 10.9 Å². The molecule has 3 aromatic rings. The normalized spacial score (nSPS) is 16.9. The highest BCUT2D eigenvalue weighted by Crippen LogP contribution is 2.34. The van der Waals surface area contributed by atoms with Crippen LogP contribution in [0.3, 0.4) is 0 Å². The van der Waals surface area contributed by atoms with Crippen molar-refractivity contribution in [2.75, 3.05) is 5.75 Å². The molecule has 2 aliphatic rings. The average molecular weight is 455 g/mol. The second-order valence-electron chi connectivity index (χ2n) is 8.43. The number of hydrogen-bond acceptors (Lipinski definition) is 6. The summed E-state index contributed by atoms with van der Waals surface area (Å²) in [5.74, 6) is -0.0749. The number of carbonyl (C=O) groups excluding carboxylic acids is 1. The molecular weight excluding hydrogens is 428 g/mol. The van der Waals surface area contributed by atoms with Crippen molar-refractivity contribution >= 4 is 39.3 Å². The minimum atomic E-state index is -0.236. The largest absolute Gasteiger partial charge is 0.462 e. The fourth-order valence-corrected chi connectivity index (χ4v) is 6.29. The van der Waals surface area contributed by atoms with Crippen LogP contribution in [0.1, 0.15) is 56.1 Å². The molecule has 5 nitrogen and oxygen atoms in total. The van der Waals surface area contributed by atoms with E-state index < -0.39 is 0 Å². The lowest BCUT2D eigenvalue weighted by Gasteiger charge is -2.21. The van der Waals surface area contributed by atoms with E-state index in [1.165, 1.54) is 53.5 Å². The van der Waals surface area contributed by atoms with Gasteiger partial charge in [0.15, 0.2) is 5.16 Å². The number of carbonyl (C=O) groups is 1. The Bertz CT molecular complexity index is 1160. The molecule has 162 valence electrons. The first-order valence-electron chi connectivity index (χ1n) is 11.1. The van der Waals surface area contributed by atoms with Crippen LogP contribution in [0, 0.1) is 0 Å². The van der Waals surface area contributed by atoms with E-state index in [0.717, 1.165) is 49.7 Å². The predicted octanol–water partition coefficient (Wildman–Crippen LogP) is 5.50. The van der Waals surface area contributed by atoms with Crippen LogP contribution in [0.15, 0.2) is 33.5 Å². The van der Waals surface area contributed by atoms with Crippen LogP contribution in [0.4, 0.5) is 0 Å². The van der Waals surface area contributed by atoms with Gasteiger partial charge in [-0.25, -0.2) is 4.98 Å². The number of thioether (sulfide) groups is 1. The van der Waals surface area contributed by atoms with Crippen LogP contribution < -0.4 is 5.56 Å². The average Bonchev–Trinajstić information content (AvgIpc) is 3.23. The Labute approximate surface area is 189 Å². The Morgan fingerprint density at radius 1 is 1.13 bits per heavy atom. The van der Waals surface area contributed by atoms with E-state index in [1.807, 2.05) is 5.38 Å². The highest BCUT2D eigenvalue weighted by atomic mass is 32.2. The number of H-pyrrole nitrogens is 1. The molecule has 0 unspecified atom stereocenters. The first-order chi connectivity index (χ1) is 15.2. The molecule has 0 radical (unpaired) electrons. The summed E-state index contributed by atoms with van der Waals surface area (Å²) in [6.07, 6.45) is 10.2. The molecule has 5 rings (SSSR count). The summed E-state index contributed by atoms with van der Waals surface area (Å²) in [6.45, 7) is 0. The van der Waals surface area contributed by atoms with Gasteiger partial charge in [-0.05, 0) is 68.1 Å². The van der Waals surface area contributed by atoms with Gasteiger partial charge in [0.05, 0.1) is 11.1 Å². The van der Waals surface area contributed by atoms with Gasteiger partial charge in [0.2, 0.25) is 0 Å². The fourth-order valence-electron chi connectivity index (χ4n) is 4.64. The van der Waals surface area contributed by atoms with Crippen LogP contribution in [0.25, 0.3) is 21.3 Å². The highest BCUT2D eigenvalue weighted by molar-refractivity contribution is 7.99. The highest BCUT2D eigenvalue weighted by Gasteiger charge is 2.19. The molecule has 2 heterocycles. The van der Waals surface area contributed by atoms with Crippen molar-refractivity contribution in [1.29, 1.82) is 0 Å². The van der Waals surface area contributed by atoms with Gasteiger partial charge in [-0.2, -0.15) is 0 Å². The summed E-state index contributed by atoms with van der Waals surface area (Å²) >= 11 is 2.71. The maximum atomic E-state index is 12.9. The van der Waals surface area contributed by atoms with E-state index in [-0.39, 0.29) is 23.4 Å². The van der Waals surface area contributed by atoms with E-state index in [4.69, 9.17) is 4.74 Å². The molecule has 1 N–H and O–H groups in total. The zero-order chi connectivity index (χ0) is 21.2.